The smallest absolute Gasteiger partial charge is 0.408 e. The largest absolute Gasteiger partial charge is 0.465 e. The van der Waals surface area contributed by atoms with Gasteiger partial charge in [0.2, 0.25) is 5.91 Å². The molecule has 114 valence electrons. The molecular weight excluding hydrogens is 275 g/mol. The van der Waals surface area contributed by atoms with Crippen molar-refractivity contribution in [3.8, 4) is 0 Å². The van der Waals surface area contributed by atoms with E-state index < -0.39 is 17.7 Å². The molecule has 0 radical (unpaired) electrons. The van der Waals surface area contributed by atoms with Crippen LogP contribution in [-0.4, -0.2) is 33.6 Å². The lowest BCUT2D eigenvalue weighted by atomic mass is 9.99. The quantitative estimate of drug-likeness (QED) is 0.836. The molecule has 1 aliphatic heterocycles. The predicted molar refractivity (Wildman–Crippen MR) is 76.8 cm³/mol. The first-order valence-electron chi connectivity index (χ1n) is 6.81. The monoisotopic (exact) mass is 294 g/mol. The molecule has 1 unspecified atom stereocenters. The van der Waals surface area contributed by atoms with Crippen LogP contribution in [0.4, 0.5) is 14.9 Å². The zero-order valence-electron chi connectivity index (χ0n) is 12.3. The average molecular weight is 294 g/mol. The van der Waals surface area contributed by atoms with Crippen LogP contribution in [0, 0.1) is 5.82 Å². The molecule has 1 atom stereocenters. The first kappa shape index (κ1) is 15.3. The molecule has 1 aliphatic rings. The van der Waals surface area contributed by atoms with E-state index >= 15 is 0 Å². The molecule has 0 saturated heterocycles. The lowest BCUT2D eigenvalue weighted by molar-refractivity contribution is -0.122. The van der Waals surface area contributed by atoms with Crippen molar-refractivity contribution in [2.75, 3.05) is 5.32 Å². The van der Waals surface area contributed by atoms with Gasteiger partial charge in [-0.15, -0.1) is 0 Å². The Morgan fingerprint density at radius 3 is 2.67 bits per heavy atom. The van der Waals surface area contributed by atoms with E-state index in [-0.39, 0.29) is 11.7 Å². The van der Waals surface area contributed by atoms with E-state index in [4.69, 9.17) is 0 Å². The fraction of sp³-hybridized carbons (Fsp3) is 0.467. The number of carbonyl (C=O) groups excluding carboxylic acids is 1. The maximum absolute atomic E-state index is 13.3. The number of rotatable bonds is 1. The minimum atomic E-state index is -1.14. The summed E-state index contributed by atoms with van der Waals surface area (Å²) in [6.45, 7) is 5.23. The predicted octanol–water partition coefficient (Wildman–Crippen LogP) is 2.86. The van der Waals surface area contributed by atoms with Gasteiger partial charge in [0.05, 0.1) is 0 Å². The average Bonchev–Trinajstić information content (AvgIpc) is 2.48. The van der Waals surface area contributed by atoms with Gasteiger partial charge in [0.1, 0.15) is 11.9 Å². The first-order chi connectivity index (χ1) is 9.70. The number of halogens is 1. The second-order valence-electron chi connectivity index (χ2n) is 6.17. The zero-order chi connectivity index (χ0) is 15.8. The topological polar surface area (TPSA) is 69.6 Å². The number of hydrogen-bond donors (Lipinski definition) is 2. The molecule has 0 bridgehead atoms. The van der Waals surface area contributed by atoms with E-state index in [0.29, 0.717) is 24.1 Å². The van der Waals surface area contributed by atoms with Gasteiger partial charge in [0.15, 0.2) is 0 Å². The number of anilines is 1. The molecule has 0 spiro atoms. The third-order valence-electron chi connectivity index (χ3n) is 3.56. The SMILES string of the molecule is CC(C)(C)N(C(=O)O)C1CCc2cc(F)ccc2NC1=O. The van der Waals surface area contributed by atoms with Crippen LogP contribution in [0.25, 0.3) is 0 Å². The summed E-state index contributed by atoms with van der Waals surface area (Å²) in [6, 6.07) is 3.36. The number of aryl methyl sites for hydroxylation is 1. The summed E-state index contributed by atoms with van der Waals surface area (Å²) in [5.41, 5.74) is 0.531. The van der Waals surface area contributed by atoms with Crippen molar-refractivity contribution in [1.82, 2.24) is 4.90 Å². The van der Waals surface area contributed by atoms with Gasteiger partial charge >= 0.3 is 6.09 Å². The third kappa shape index (κ3) is 3.15. The molecule has 21 heavy (non-hydrogen) atoms. The van der Waals surface area contributed by atoms with Gasteiger partial charge in [-0.05, 0) is 57.4 Å². The fourth-order valence-electron chi connectivity index (χ4n) is 2.66. The minimum absolute atomic E-state index is 0.325. The van der Waals surface area contributed by atoms with Crippen molar-refractivity contribution < 1.29 is 19.1 Å². The molecule has 0 fully saturated rings. The number of hydrogen-bond acceptors (Lipinski definition) is 2. The molecular formula is C15H19FN2O3. The maximum Gasteiger partial charge on any atom is 0.408 e. The van der Waals surface area contributed by atoms with E-state index in [2.05, 4.69) is 5.32 Å². The third-order valence-corrected chi connectivity index (χ3v) is 3.56. The minimum Gasteiger partial charge on any atom is -0.465 e. The summed E-state index contributed by atoms with van der Waals surface area (Å²) in [7, 11) is 0. The van der Waals surface area contributed by atoms with Crippen molar-refractivity contribution in [1.29, 1.82) is 0 Å². The van der Waals surface area contributed by atoms with Crippen molar-refractivity contribution in [2.24, 2.45) is 0 Å². The molecule has 2 rings (SSSR count). The van der Waals surface area contributed by atoms with E-state index in [0.717, 1.165) is 4.90 Å². The lowest BCUT2D eigenvalue weighted by Crippen LogP contribution is -2.55. The number of fused-ring (bicyclic) bond motifs is 1. The molecule has 0 saturated carbocycles. The molecule has 6 heteroatoms. The van der Waals surface area contributed by atoms with Gasteiger partial charge in [-0.1, -0.05) is 0 Å². The van der Waals surface area contributed by atoms with Crippen LogP contribution < -0.4 is 5.32 Å². The molecule has 1 aromatic rings. The van der Waals surface area contributed by atoms with Crippen LogP contribution in [0.5, 0.6) is 0 Å². The maximum atomic E-state index is 13.3. The summed E-state index contributed by atoms with van der Waals surface area (Å²) >= 11 is 0. The Bertz CT molecular complexity index is 581. The van der Waals surface area contributed by atoms with Crippen LogP contribution in [0.1, 0.15) is 32.8 Å². The van der Waals surface area contributed by atoms with Crippen LogP contribution >= 0.6 is 0 Å². The van der Waals surface area contributed by atoms with E-state index in [1.807, 2.05) is 0 Å². The Kier molecular flexibility index (Phi) is 3.89. The highest BCUT2D eigenvalue weighted by atomic mass is 19.1. The summed E-state index contributed by atoms with van der Waals surface area (Å²) < 4.78 is 13.3. The zero-order valence-corrected chi connectivity index (χ0v) is 12.3. The highest BCUT2D eigenvalue weighted by molar-refractivity contribution is 5.97. The second kappa shape index (κ2) is 5.35. The number of nitrogens with zero attached hydrogens (tertiary/aromatic N) is 1. The van der Waals surface area contributed by atoms with Gasteiger partial charge in [0, 0.05) is 11.2 Å². The lowest BCUT2D eigenvalue weighted by Gasteiger charge is -2.38. The van der Waals surface area contributed by atoms with Crippen molar-refractivity contribution in [3.63, 3.8) is 0 Å². The second-order valence-corrected chi connectivity index (χ2v) is 6.17. The fourth-order valence-corrected chi connectivity index (χ4v) is 2.66. The normalized spacial score (nSPS) is 18.5. The molecule has 0 aliphatic carbocycles. The van der Waals surface area contributed by atoms with Gasteiger partial charge < -0.3 is 10.4 Å². The standard InChI is InChI=1S/C15H19FN2O3/c1-15(2,3)18(14(20)21)12-7-4-9-8-10(16)5-6-11(9)17-13(12)19/h5-6,8,12H,4,7H2,1-3H3,(H,17,19)(H,20,21). The van der Waals surface area contributed by atoms with Crippen LogP contribution in [0.15, 0.2) is 18.2 Å². The Labute approximate surface area is 122 Å². The molecule has 2 N–H and O–H groups in total. The van der Waals surface area contributed by atoms with Gasteiger partial charge in [-0.3, -0.25) is 9.69 Å². The molecule has 1 aromatic carbocycles. The summed E-state index contributed by atoms with van der Waals surface area (Å²) in [5, 5.41) is 12.1. The Morgan fingerprint density at radius 2 is 2.10 bits per heavy atom. The van der Waals surface area contributed by atoms with Crippen LogP contribution in [0.2, 0.25) is 0 Å². The van der Waals surface area contributed by atoms with Gasteiger partial charge in [0.25, 0.3) is 0 Å². The summed E-state index contributed by atoms with van der Waals surface area (Å²) in [5.74, 6) is -0.745. The Balaban J connectivity index is 2.33. The van der Waals surface area contributed by atoms with Crippen molar-refractivity contribution in [3.05, 3.63) is 29.6 Å². The molecule has 1 heterocycles. The van der Waals surface area contributed by atoms with E-state index in [1.165, 1.54) is 18.2 Å². The number of nitrogens with one attached hydrogen (secondary N) is 1. The van der Waals surface area contributed by atoms with Crippen molar-refractivity contribution >= 4 is 17.7 Å². The van der Waals surface area contributed by atoms with Gasteiger partial charge in [-0.2, -0.15) is 0 Å². The van der Waals surface area contributed by atoms with E-state index in [1.54, 1.807) is 20.8 Å². The number of carbonyl (C=O) groups is 2. The number of amides is 2. The summed E-state index contributed by atoms with van der Waals surface area (Å²) in [6.07, 6.45) is -0.373. The van der Waals surface area contributed by atoms with Crippen molar-refractivity contribution in [2.45, 2.75) is 45.2 Å². The number of benzene rings is 1. The highest BCUT2D eigenvalue weighted by Gasteiger charge is 2.38. The Morgan fingerprint density at radius 1 is 1.43 bits per heavy atom. The highest BCUT2D eigenvalue weighted by Crippen LogP contribution is 2.28. The van der Waals surface area contributed by atoms with Crippen LogP contribution in [0.3, 0.4) is 0 Å². The Hall–Kier alpha value is -2.11. The number of carboxylic acid groups (broad SMARTS) is 1. The molecule has 0 aromatic heterocycles. The molecule has 2 amide bonds. The molecule has 5 nitrogen and oxygen atoms in total. The van der Waals surface area contributed by atoms with Gasteiger partial charge in [-0.25, -0.2) is 9.18 Å². The first-order valence-corrected chi connectivity index (χ1v) is 6.81. The van der Waals surface area contributed by atoms with E-state index in [9.17, 15) is 19.1 Å². The summed E-state index contributed by atoms with van der Waals surface area (Å²) in [4.78, 5) is 25.0. The van der Waals surface area contributed by atoms with Crippen LogP contribution in [-0.2, 0) is 11.2 Å².